The van der Waals surface area contributed by atoms with Crippen LogP contribution in [0.5, 0.6) is 5.75 Å². The minimum Gasteiger partial charge on any atom is -0.494 e. The first-order valence-corrected chi connectivity index (χ1v) is 7.66. The van der Waals surface area contributed by atoms with Gasteiger partial charge in [0.1, 0.15) is 5.75 Å². The van der Waals surface area contributed by atoms with Gasteiger partial charge in [0.05, 0.1) is 6.61 Å². The van der Waals surface area contributed by atoms with Crippen molar-refractivity contribution >= 4 is 15.9 Å². The molecule has 0 spiro atoms. The zero-order valence-electron chi connectivity index (χ0n) is 11.9. The van der Waals surface area contributed by atoms with Gasteiger partial charge in [-0.2, -0.15) is 0 Å². The van der Waals surface area contributed by atoms with Gasteiger partial charge in [0.25, 0.3) is 0 Å². The Hall–Kier alpha value is -1.32. The minimum absolute atomic E-state index is 0.282. The van der Waals surface area contributed by atoms with Gasteiger partial charge in [-0.15, -0.1) is 0 Å². The Kier molecular flexibility index (Phi) is 5.62. The average molecular weight is 334 g/mol. The van der Waals surface area contributed by atoms with E-state index < -0.39 is 0 Å². The van der Waals surface area contributed by atoms with Crippen LogP contribution < -0.4 is 10.1 Å². The molecule has 2 rings (SSSR count). The first kappa shape index (κ1) is 15.1. The Labute approximate surface area is 129 Å². The summed E-state index contributed by atoms with van der Waals surface area (Å²) in [7, 11) is 2.00. The summed E-state index contributed by atoms with van der Waals surface area (Å²) in [6.07, 6.45) is 0.950. The van der Waals surface area contributed by atoms with Crippen molar-refractivity contribution in [2.24, 2.45) is 0 Å². The van der Waals surface area contributed by atoms with Crippen molar-refractivity contribution < 1.29 is 4.74 Å². The van der Waals surface area contributed by atoms with Crippen LogP contribution in [-0.2, 0) is 6.42 Å². The normalized spacial score (nSPS) is 12.2. The third-order valence-corrected chi connectivity index (χ3v) is 3.74. The van der Waals surface area contributed by atoms with E-state index >= 15 is 0 Å². The maximum absolute atomic E-state index is 5.58. The third-order valence-electron chi connectivity index (χ3n) is 3.25. The van der Waals surface area contributed by atoms with Crippen molar-refractivity contribution in [2.45, 2.75) is 19.4 Å². The number of likely N-dealkylation sites (N-methyl/N-ethyl adjacent to an activating group) is 1. The van der Waals surface area contributed by atoms with Crippen LogP contribution in [0.2, 0.25) is 0 Å². The highest BCUT2D eigenvalue weighted by Crippen LogP contribution is 2.23. The number of hydrogen-bond acceptors (Lipinski definition) is 2. The Morgan fingerprint density at radius 3 is 2.65 bits per heavy atom. The van der Waals surface area contributed by atoms with Crippen LogP contribution in [0, 0.1) is 0 Å². The van der Waals surface area contributed by atoms with E-state index in [1.807, 2.05) is 32.2 Å². The van der Waals surface area contributed by atoms with E-state index in [0.29, 0.717) is 6.61 Å². The second-order valence-electron chi connectivity index (χ2n) is 4.68. The molecule has 3 heteroatoms. The SMILES string of the molecule is CCOc1cccc(C(Cc2cccc(Br)c2)NC)c1. The van der Waals surface area contributed by atoms with Gasteiger partial charge in [-0.05, 0) is 55.8 Å². The highest BCUT2D eigenvalue weighted by molar-refractivity contribution is 9.10. The summed E-state index contributed by atoms with van der Waals surface area (Å²) in [5.41, 5.74) is 2.55. The molecule has 0 aliphatic carbocycles. The molecule has 0 saturated carbocycles. The van der Waals surface area contributed by atoms with Crippen LogP contribution in [0.4, 0.5) is 0 Å². The summed E-state index contributed by atoms with van der Waals surface area (Å²) < 4.78 is 6.69. The summed E-state index contributed by atoms with van der Waals surface area (Å²) in [4.78, 5) is 0. The van der Waals surface area contributed by atoms with Crippen molar-refractivity contribution in [3.8, 4) is 5.75 Å². The highest BCUT2D eigenvalue weighted by Gasteiger charge is 2.11. The maximum atomic E-state index is 5.58. The molecule has 20 heavy (non-hydrogen) atoms. The fourth-order valence-electron chi connectivity index (χ4n) is 2.27. The number of ether oxygens (including phenoxy) is 1. The van der Waals surface area contributed by atoms with Crippen LogP contribution in [0.25, 0.3) is 0 Å². The summed E-state index contributed by atoms with van der Waals surface area (Å²) in [5.74, 6) is 0.930. The molecule has 2 aromatic rings. The minimum atomic E-state index is 0.282. The summed E-state index contributed by atoms with van der Waals surface area (Å²) in [6.45, 7) is 2.70. The lowest BCUT2D eigenvalue weighted by molar-refractivity contribution is 0.339. The highest BCUT2D eigenvalue weighted by atomic mass is 79.9. The van der Waals surface area contributed by atoms with Crippen molar-refractivity contribution in [2.75, 3.05) is 13.7 Å². The first-order chi connectivity index (χ1) is 9.72. The standard InChI is InChI=1S/C17H20BrNO/c1-3-20-16-9-5-7-14(12-16)17(19-2)11-13-6-4-8-15(18)10-13/h4-10,12,17,19H,3,11H2,1-2H3. The van der Waals surface area contributed by atoms with Crippen LogP contribution >= 0.6 is 15.9 Å². The zero-order valence-corrected chi connectivity index (χ0v) is 13.5. The molecule has 2 nitrogen and oxygen atoms in total. The van der Waals surface area contributed by atoms with Gasteiger partial charge >= 0.3 is 0 Å². The molecule has 0 aliphatic rings. The Morgan fingerprint density at radius 1 is 1.15 bits per heavy atom. The molecule has 0 amide bonds. The molecule has 2 aromatic carbocycles. The number of halogens is 1. The molecule has 1 N–H and O–H groups in total. The van der Waals surface area contributed by atoms with E-state index in [1.54, 1.807) is 0 Å². The Morgan fingerprint density at radius 2 is 1.95 bits per heavy atom. The van der Waals surface area contributed by atoms with Crippen LogP contribution in [0.1, 0.15) is 24.1 Å². The van der Waals surface area contributed by atoms with E-state index in [2.05, 4.69) is 51.6 Å². The van der Waals surface area contributed by atoms with Crippen molar-refractivity contribution in [3.05, 3.63) is 64.1 Å². The van der Waals surface area contributed by atoms with Crippen LogP contribution in [0.3, 0.4) is 0 Å². The van der Waals surface area contributed by atoms with E-state index in [9.17, 15) is 0 Å². The third kappa shape index (κ3) is 4.09. The molecular formula is C17H20BrNO. The van der Waals surface area contributed by atoms with Crippen molar-refractivity contribution in [1.82, 2.24) is 5.32 Å². The molecule has 1 unspecified atom stereocenters. The molecule has 0 heterocycles. The lowest BCUT2D eigenvalue weighted by Gasteiger charge is -2.18. The second-order valence-corrected chi connectivity index (χ2v) is 5.60. The van der Waals surface area contributed by atoms with E-state index in [0.717, 1.165) is 16.6 Å². The summed E-state index contributed by atoms with van der Waals surface area (Å²) in [6, 6.07) is 17.0. The number of nitrogens with one attached hydrogen (secondary N) is 1. The fraction of sp³-hybridized carbons (Fsp3) is 0.294. The molecule has 0 fully saturated rings. The quantitative estimate of drug-likeness (QED) is 0.848. The fourth-order valence-corrected chi connectivity index (χ4v) is 2.72. The molecular weight excluding hydrogens is 314 g/mol. The van der Waals surface area contributed by atoms with E-state index in [-0.39, 0.29) is 6.04 Å². The number of hydrogen-bond donors (Lipinski definition) is 1. The molecule has 0 bridgehead atoms. The van der Waals surface area contributed by atoms with Gasteiger partial charge in [0.15, 0.2) is 0 Å². The Bertz CT molecular complexity index is 556. The molecule has 0 saturated heterocycles. The van der Waals surface area contributed by atoms with Gasteiger partial charge in [0, 0.05) is 10.5 Å². The monoisotopic (exact) mass is 333 g/mol. The average Bonchev–Trinajstić information content (AvgIpc) is 2.45. The maximum Gasteiger partial charge on any atom is 0.119 e. The smallest absolute Gasteiger partial charge is 0.119 e. The summed E-state index contributed by atoms with van der Waals surface area (Å²) in [5, 5.41) is 3.38. The second kappa shape index (κ2) is 7.46. The van der Waals surface area contributed by atoms with Gasteiger partial charge in [-0.1, -0.05) is 40.2 Å². The predicted molar refractivity (Wildman–Crippen MR) is 87.3 cm³/mol. The predicted octanol–water partition coefficient (Wildman–Crippen LogP) is 4.35. The van der Waals surface area contributed by atoms with Crippen molar-refractivity contribution in [1.29, 1.82) is 0 Å². The molecule has 106 valence electrons. The van der Waals surface area contributed by atoms with Crippen LogP contribution in [-0.4, -0.2) is 13.7 Å². The molecule has 0 aromatic heterocycles. The van der Waals surface area contributed by atoms with Crippen LogP contribution in [0.15, 0.2) is 53.0 Å². The number of benzene rings is 2. The topological polar surface area (TPSA) is 21.3 Å². The summed E-state index contributed by atoms with van der Waals surface area (Å²) >= 11 is 3.52. The first-order valence-electron chi connectivity index (χ1n) is 6.87. The lowest BCUT2D eigenvalue weighted by atomic mass is 9.99. The molecule has 1 atom stereocenters. The molecule has 0 aliphatic heterocycles. The zero-order chi connectivity index (χ0) is 14.4. The van der Waals surface area contributed by atoms with Gasteiger partial charge < -0.3 is 10.1 Å². The lowest BCUT2D eigenvalue weighted by Crippen LogP contribution is -2.18. The van der Waals surface area contributed by atoms with Gasteiger partial charge in [-0.25, -0.2) is 0 Å². The van der Waals surface area contributed by atoms with Crippen molar-refractivity contribution in [3.63, 3.8) is 0 Å². The van der Waals surface area contributed by atoms with E-state index in [1.165, 1.54) is 11.1 Å². The largest absolute Gasteiger partial charge is 0.494 e. The van der Waals surface area contributed by atoms with Gasteiger partial charge in [0.2, 0.25) is 0 Å². The number of rotatable bonds is 6. The Balaban J connectivity index is 2.17. The van der Waals surface area contributed by atoms with E-state index in [4.69, 9.17) is 4.74 Å². The van der Waals surface area contributed by atoms with Gasteiger partial charge in [-0.3, -0.25) is 0 Å². The molecule has 0 radical (unpaired) electrons.